The number of pyridine rings is 1. The summed E-state index contributed by atoms with van der Waals surface area (Å²) in [4.78, 5) is 10.2. The third kappa shape index (κ3) is 1.89. The van der Waals surface area contributed by atoms with Gasteiger partial charge in [0.25, 0.3) is 0 Å². The number of hydrogen-bond donors (Lipinski definition) is 1. The van der Waals surface area contributed by atoms with Crippen molar-refractivity contribution >= 4 is 17.2 Å². The monoisotopic (exact) mass is 295 g/mol. The van der Waals surface area contributed by atoms with Crippen LogP contribution in [0.4, 0.5) is 5.82 Å². The molecule has 0 atom stereocenters. The van der Waals surface area contributed by atoms with E-state index in [0.29, 0.717) is 5.82 Å². The molecule has 1 aliphatic carbocycles. The molecule has 2 aromatic heterocycles. The normalized spacial score (nSPS) is 12.0. The van der Waals surface area contributed by atoms with Crippen molar-refractivity contribution in [3.63, 3.8) is 0 Å². The van der Waals surface area contributed by atoms with Gasteiger partial charge < -0.3 is 10.5 Å². The van der Waals surface area contributed by atoms with Crippen LogP contribution in [0.5, 0.6) is 5.75 Å². The Hall–Kier alpha value is -2.40. The van der Waals surface area contributed by atoms with Gasteiger partial charge in [0.05, 0.1) is 18.4 Å². The number of ether oxygens (including phenoxy) is 1. The maximum Gasteiger partial charge on any atom is 0.133 e. The molecule has 0 spiro atoms. The average molecular weight is 295 g/mol. The number of nitrogens with zero attached hydrogens (tertiary/aromatic N) is 2. The van der Waals surface area contributed by atoms with Gasteiger partial charge in [-0.15, -0.1) is 11.3 Å². The Morgan fingerprint density at radius 3 is 2.95 bits per heavy atom. The predicted octanol–water partition coefficient (Wildman–Crippen LogP) is 3.37. The third-order valence-corrected chi connectivity index (χ3v) is 4.78. The van der Waals surface area contributed by atoms with E-state index in [1.165, 1.54) is 10.4 Å². The van der Waals surface area contributed by atoms with E-state index in [-0.39, 0.29) is 0 Å². The Morgan fingerprint density at radius 2 is 2.14 bits per heavy atom. The van der Waals surface area contributed by atoms with Crippen LogP contribution in [-0.4, -0.2) is 17.1 Å². The van der Waals surface area contributed by atoms with E-state index in [1.807, 2.05) is 18.2 Å². The van der Waals surface area contributed by atoms with Gasteiger partial charge in [-0.3, -0.25) is 0 Å². The highest BCUT2D eigenvalue weighted by Gasteiger charge is 2.24. The van der Waals surface area contributed by atoms with E-state index in [9.17, 15) is 0 Å². The Bertz CT molecular complexity index is 841. The van der Waals surface area contributed by atoms with Gasteiger partial charge in [-0.25, -0.2) is 9.97 Å². The zero-order valence-corrected chi connectivity index (χ0v) is 12.3. The number of hydrogen-bond acceptors (Lipinski definition) is 5. The molecule has 2 N–H and O–H groups in total. The zero-order valence-electron chi connectivity index (χ0n) is 11.5. The summed E-state index contributed by atoms with van der Waals surface area (Å²) in [6.07, 6.45) is 2.62. The number of benzene rings is 1. The van der Waals surface area contributed by atoms with Crippen LogP contribution in [0.3, 0.4) is 0 Å². The minimum Gasteiger partial charge on any atom is -0.497 e. The van der Waals surface area contributed by atoms with Gasteiger partial charge in [0.2, 0.25) is 0 Å². The highest BCUT2D eigenvalue weighted by molar-refractivity contribution is 7.15. The first kappa shape index (κ1) is 12.3. The quantitative estimate of drug-likeness (QED) is 0.616. The van der Waals surface area contributed by atoms with Crippen LogP contribution in [0.15, 0.2) is 36.5 Å². The third-order valence-electron chi connectivity index (χ3n) is 3.69. The summed E-state index contributed by atoms with van der Waals surface area (Å²) >= 11 is 1.69. The van der Waals surface area contributed by atoms with E-state index in [1.54, 1.807) is 24.6 Å². The van der Waals surface area contributed by atoms with Crippen molar-refractivity contribution in [3.05, 3.63) is 47.0 Å². The SMILES string of the molecule is COc1ccc2c(c1)-c1nc(-c3cccnc3N)sc1C2. The lowest BCUT2D eigenvalue weighted by Crippen LogP contribution is -1.92. The molecule has 5 heteroatoms. The van der Waals surface area contributed by atoms with Crippen molar-refractivity contribution in [2.75, 3.05) is 12.8 Å². The fraction of sp³-hybridized carbons (Fsp3) is 0.125. The lowest BCUT2D eigenvalue weighted by molar-refractivity contribution is 0.415. The van der Waals surface area contributed by atoms with E-state index in [0.717, 1.165) is 34.0 Å². The number of anilines is 1. The maximum absolute atomic E-state index is 5.95. The first-order valence-electron chi connectivity index (χ1n) is 6.64. The molecule has 0 radical (unpaired) electrons. The van der Waals surface area contributed by atoms with Crippen LogP contribution in [-0.2, 0) is 6.42 Å². The summed E-state index contributed by atoms with van der Waals surface area (Å²) in [6.45, 7) is 0. The fourth-order valence-corrected chi connectivity index (χ4v) is 3.76. The van der Waals surface area contributed by atoms with Crippen LogP contribution in [0.1, 0.15) is 10.4 Å². The minimum atomic E-state index is 0.524. The summed E-state index contributed by atoms with van der Waals surface area (Å²) in [6, 6.07) is 10.0. The van der Waals surface area contributed by atoms with Crippen LogP contribution in [0, 0.1) is 0 Å². The van der Waals surface area contributed by atoms with Crippen molar-refractivity contribution in [3.8, 4) is 27.6 Å². The highest BCUT2D eigenvalue weighted by atomic mass is 32.1. The van der Waals surface area contributed by atoms with Crippen LogP contribution in [0.2, 0.25) is 0 Å². The second-order valence-corrected chi connectivity index (χ2v) is 6.01. The second kappa shape index (κ2) is 4.56. The molecule has 4 nitrogen and oxygen atoms in total. The molecule has 21 heavy (non-hydrogen) atoms. The molecule has 1 aliphatic rings. The smallest absolute Gasteiger partial charge is 0.133 e. The summed E-state index contributed by atoms with van der Waals surface area (Å²) in [5, 5.41) is 0.930. The van der Waals surface area contributed by atoms with Crippen molar-refractivity contribution in [1.29, 1.82) is 0 Å². The van der Waals surface area contributed by atoms with Gasteiger partial charge in [-0.2, -0.15) is 0 Å². The highest BCUT2D eigenvalue weighted by Crippen LogP contribution is 2.43. The molecular weight excluding hydrogens is 282 g/mol. The molecule has 0 saturated carbocycles. The molecule has 0 unspecified atom stereocenters. The molecule has 0 fully saturated rings. The summed E-state index contributed by atoms with van der Waals surface area (Å²) in [5.41, 5.74) is 10.4. The summed E-state index contributed by atoms with van der Waals surface area (Å²) in [5.74, 6) is 1.38. The number of aromatic nitrogens is 2. The summed E-state index contributed by atoms with van der Waals surface area (Å²) < 4.78 is 5.31. The Labute approximate surface area is 126 Å². The van der Waals surface area contributed by atoms with Crippen LogP contribution >= 0.6 is 11.3 Å². The second-order valence-electron chi connectivity index (χ2n) is 4.93. The van der Waals surface area contributed by atoms with E-state index in [4.69, 9.17) is 15.5 Å². The van der Waals surface area contributed by atoms with Gasteiger partial charge in [-0.05, 0) is 29.8 Å². The topological polar surface area (TPSA) is 61.0 Å². The lowest BCUT2D eigenvalue weighted by Gasteiger charge is -2.04. The van der Waals surface area contributed by atoms with E-state index in [2.05, 4.69) is 17.1 Å². The van der Waals surface area contributed by atoms with Crippen molar-refractivity contribution in [2.24, 2.45) is 0 Å². The lowest BCUT2D eigenvalue weighted by atomic mass is 10.1. The van der Waals surface area contributed by atoms with E-state index < -0.39 is 0 Å². The molecule has 3 aromatic rings. The number of methoxy groups -OCH3 is 1. The number of nitrogens with two attached hydrogens (primary N) is 1. The molecular formula is C16H13N3OS. The molecule has 4 rings (SSSR count). The van der Waals surface area contributed by atoms with Gasteiger partial charge in [0.1, 0.15) is 16.6 Å². The van der Waals surface area contributed by atoms with E-state index >= 15 is 0 Å². The van der Waals surface area contributed by atoms with Crippen LogP contribution < -0.4 is 10.5 Å². The largest absolute Gasteiger partial charge is 0.497 e. The Morgan fingerprint density at radius 1 is 1.24 bits per heavy atom. The first-order chi connectivity index (χ1) is 10.3. The van der Waals surface area contributed by atoms with Crippen molar-refractivity contribution in [2.45, 2.75) is 6.42 Å². The standard InChI is InChI=1S/C16H13N3OS/c1-20-10-5-4-9-7-13-14(12(9)8-10)19-16(21-13)11-3-2-6-18-15(11)17/h2-6,8H,7H2,1H3,(H2,17,18). The Kier molecular flexibility index (Phi) is 2.68. The van der Waals surface area contributed by atoms with Crippen LogP contribution in [0.25, 0.3) is 21.8 Å². The maximum atomic E-state index is 5.95. The molecule has 1 aromatic carbocycles. The minimum absolute atomic E-state index is 0.524. The van der Waals surface area contributed by atoms with Gasteiger partial charge in [0, 0.05) is 23.1 Å². The van der Waals surface area contributed by atoms with Crippen molar-refractivity contribution < 1.29 is 4.74 Å². The molecule has 104 valence electrons. The molecule has 0 aliphatic heterocycles. The summed E-state index contributed by atoms with van der Waals surface area (Å²) in [7, 11) is 1.68. The average Bonchev–Trinajstić information content (AvgIpc) is 3.04. The van der Waals surface area contributed by atoms with Gasteiger partial charge >= 0.3 is 0 Å². The fourth-order valence-electron chi connectivity index (χ4n) is 2.63. The number of nitrogen functional groups attached to an aromatic ring is 1. The molecule has 0 amide bonds. The molecule has 0 saturated heterocycles. The van der Waals surface area contributed by atoms with Gasteiger partial charge in [-0.1, -0.05) is 6.07 Å². The van der Waals surface area contributed by atoms with Crippen molar-refractivity contribution in [1.82, 2.24) is 9.97 Å². The molecule has 0 bridgehead atoms. The Balaban J connectivity index is 1.84. The predicted molar refractivity (Wildman–Crippen MR) is 84.6 cm³/mol. The number of rotatable bonds is 2. The number of thiazole rings is 1. The number of fused-ring (bicyclic) bond motifs is 3. The molecule has 2 heterocycles. The zero-order chi connectivity index (χ0) is 14.4. The first-order valence-corrected chi connectivity index (χ1v) is 7.46. The van der Waals surface area contributed by atoms with Gasteiger partial charge in [0.15, 0.2) is 0 Å².